The highest BCUT2D eigenvalue weighted by molar-refractivity contribution is 7.08. The second kappa shape index (κ2) is 12.3. The zero-order valence-corrected chi connectivity index (χ0v) is 18.4. The number of carboxylic acids is 2. The van der Waals surface area contributed by atoms with Crippen LogP contribution < -0.4 is 10.0 Å². The summed E-state index contributed by atoms with van der Waals surface area (Å²) in [6.45, 7) is 5.43. The molecule has 0 saturated carbocycles. The molecule has 162 valence electrons. The van der Waals surface area contributed by atoms with Gasteiger partial charge in [0, 0.05) is 12.8 Å². The van der Waals surface area contributed by atoms with Crippen molar-refractivity contribution in [2.45, 2.75) is 26.2 Å². The van der Waals surface area contributed by atoms with Gasteiger partial charge in [-0.05, 0) is 57.3 Å². The van der Waals surface area contributed by atoms with E-state index in [1.807, 2.05) is 6.92 Å². The van der Waals surface area contributed by atoms with E-state index in [9.17, 15) is 4.79 Å². The Balaban J connectivity index is 0.000000469. The third-order valence-electron chi connectivity index (χ3n) is 4.70. The van der Waals surface area contributed by atoms with Gasteiger partial charge in [-0.3, -0.25) is 4.79 Å². The lowest BCUT2D eigenvalue weighted by molar-refractivity contribution is -0.902. The van der Waals surface area contributed by atoms with Gasteiger partial charge in [0.15, 0.2) is 5.97 Å². The number of thiophene rings is 2. The third kappa shape index (κ3) is 7.40. The van der Waals surface area contributed by atoms with Gasteiger partial charge in [-0.2, -0.15) is 22.7 Å². The molecule has 3 rings (SSSR count). The molecule has 0 aliphatic carbocycles. The molecule has 0 bridgehead atoms. The molecule has 0 spiro atoms. The topological polar surface area (TPSA) is 108 Å². The average Bonchev–Trinajstić information content (AvgIpc) is 3.43. The highest BCUT2D eigenvalue weighted by Crippen LogP contribution is 2.32. The normalized spacial score (nSPS) is 15.6. The van der Waals surface area contributed by atoms with Crippen molar-refractivity contribution in [1.82, 2.24) is 0 Å². The van der Waals surface area contributed by atoms with E-state index in [1.165, 1.54) is 21.6 Å². The maximum atomic E-state index is 11.5. The van der Waals surface area contributed by atoms with Crippen LogP contribution in [0.4, 0.5) is 0 Å². The second-order valence-electron chi connectivity index (χ2n) is 6.65. The number of rotatable bonds is 6. The summed E-state index contributed by atoms with van der Waals surface area (Å²) in [7, 11) is 0. The lowest BCUT2D eigenvalue weighted by atomic mass is 9.91. The third-order valence-corrected chi connectivity index (χ3v) is 6.06. The van der Waals surface area contributed by atoms with Crippen LogP contribution in [0, 0.1) is 0 Å². The highest BCUT2D eigenvalue weighted by Gasteiger charge is 2.22. The molecule has 2 N–H and O–H groups in total. The fraction of sp³-hybridized carbons (Fsp3) is 0.381. The minimum absolute atomic E-state index is 0.0661. The van der Waals surface area contributed by atoms with E-state index in [-0.39, 0.29) is 5.97 Å². The van der Waals surface area contributed by atoms with Crippen molar-refractivity contribution in [1.29, 1.82) is 0 Å². The van der Waals surface area contributed by atoms with Crippen LogP contribution in [0.1, 0.15) is 37.3 Å². The summed E-state index contributed by atoms with van der Waals surface area (Å²) in [5.74, 6) is -4.08. The van der Waals surface area contributed by atoms with Crippen LogP contribution >= 0.6 is 22.7 Å². The first-order chi connectivity index (χ1) is 14.4. The minimum atomic E-state index is -2.07. The first kappa shape index (κ1) is 23.8. The van der Waals surface area contributed by atoms with Crippen LogP contribution in [0.15, 0.2) is 39.2 Å². The summed E-state index contributed by atoms with van der Waals surface area (Å²) < 4.78 is 5.03. The summed E-state index contributed by atoms with van der Waals surface area (Å²) in [5, 5.41) is 25.1. The first-order valence-corrected chi connectivity index (χ1v) is 11.5. The van der Waals surface area contributed by atoms with Crippen molar-refractivity contribution in [3.8, 4) is 0 Å². The van der Waals surface area contributed by atoms with Crippen LogP contribution in [-0.2, 0) is 19.1 Å². The molecule has 0 unspecified atom stereocenters. The number of esters is 1. The van der Waals surface area contributed by atoms with Gasteiger partial charge in [0.25, 0.3) is 0 Å². The largest absolute Gasteiger partial charge is 0.539 e. The van der Waals surface area contributed by atoms with Crippen molar-refractivity contribution in [2.75, 3.05) is 26.2 Å². The molecule has 0 atom stereocenters. The number of piperidine rings is 1. The SMILES string of the molecule is CCOC(=O)CC[NH+]1CCC(=C(c2ccsc2)c2ccsc2)CC1.O=C([O-])C(=O)O. The lowest BCUT2D eigenvalue weighted by Crippen LogP contribution is -3.13. The predicted octanol–water partition coefficient (Wildman–Crippen LogP) is 1.06. The number of quaternary nitrogens is 1. The molecule has 2 aromatic rings. The van der Waals surface area contributed by atoms with Crippen molar-refractivity contribution >= 4 is 46.2 Å². The Kier molecular flexibility index (Phi) is 9.72. The van der Waals surface area contributed by atoms with Gasteiger partial charge in [-0.15, -0.1) is 0 Å². The summed E-state index contributed by atoms with van der Waals surface area (Å²) in [6.07, 6.45) is 2.75. The van der Waals surface area contributed by atoms with Gasteiger partial charge in [-0.25, -0.2) is 4.79 Å². The van der Waals surface area contributed by atoms with E-state index in [0.717, 1.165) is 32.5 Å². The average molecular weight is 452 g/mol. The Labute approximate surface area is 183 Å². The molecule has 7 nitrogen and oxygen atoms in total. The maximum absolute atomic E-state index is 11.5. The maximum Gasteiger partial charge on any atom is 0.351 e. The molecule has 2 aromatic heterocycles. The van der Waals surface area contributed by atoms with Crippen LogP contribution in [0.3, 0.4) is 0 Å². The van der Waals surface area contributed by atoms with Gasteiger partial charge in [-0.1, -0.05) is 5.57 Å². The van der Waals surface area contributed by atoms with Gasteiger partial charge in [0.05, 0.1) is 32.7 Å². The second-order valence-corrected chi connectivity index (χ2v) is 8.21. The molecule has 0 amide bonds. The number of carbonyl (C=O) groups is 3. The molecule has 0 aromatic carbocycles. The lowest BCUT2D eigenvalue weighted by Gasteiger charge is -2.27. The Bertz CT molecular complexity index is 800. The van der Waals surface area contributed by atoms with Gasteiger partial charge < -0.3 is 24.6 Å². The van der Waals surface area contributed by atoms with Crippen LogP contribution in [0.5, 0.6) is 0 Å². The summed E-state index contributed by atoms with van der Waals surface area (Å²) in [5.41, 5.74) is 5.69. The fourth-order valence-corrected chi connectivity index (χ4v) is 4.60. The standard InChI is InChI=1S/C19H23NO2S2.C2H2O4/c1-2-22-18(21)5-10-20-8-3-15(4-9-20)19(16-6-11-23-13-16)17-7-12-24-14-17;3-1(4)2(5)6/h6-7,11-14H,2-5,8-10H2,1H3;(H,3,4)(H,5,6). The Morgan fingerprint density at radius 2 is 1.63 bits per heavy atom. The van der Waals surface area contributed by atoms with E-state index < -0.39 is 11.9 Å². The number of carboxylic acid groups (broad SMARTS) is 2. The van der Waals surface area contributed by atoms with Crippen LogP contribution in [0.2, 0.25) is 0 Å². The van der Waals surface area contributed by atoms with E-state index >= 15 is 0 Å². The van der Waals surface area contributed by atoms with E-state index in [4.69, 9.17) is 24.5 Å². The van der Waals surface area contributed by atoms with E-state index in [0.29, 0.717) is 13.0 Å². The van der Waals surface area contributed by atoms with Crippen molar-refractivity contribution in [3.63, 3.8) is 0 Å². The number of carbonyl (C=O) groups excluding carboxylic acids is 2. The number of ether oxygens (including phenoxy) is 1. The van der Waals surface area contributed by atoms with Crippen molar-refractivity contribution in [3.05, 3.63) is 50.4 Å². The molecule has 1 aliphatic rings. The highest BCUT2D eigenvalue weighted by atomic mass is 32.1. The van der Waals surface area contributed by atoms with Gasteiger partial charge in [0.1, 0.15) is 0 Å². The molecule has 3 heterocycles. The minimum Gasteiger partial charge on any atom is -0.539 e. The van der Waals surface area contributed by atoms with E-state index in [2.05, 4.69) is 33.7 Å². The zero-order chi connectivity index (χ0) is 21.9. The van der Waals surface area contributed by atoms with Gasteiger partial charge >= 0.3 is 11.9 Å². The summed E-state index contributed by atoms with van der Waals surface area (Å²) in [4.78, 5) is 31.1. The summed E-state index contributed by atoms with van der Waals surface area (Å²) >= 11 is 3.52. The molecule has 1 fully saturated rings. The molecule has 1 saturated heterocycles. The molecular formula is C21H25NO6S2. The van der Waals surface area contributed by atoms with Crippen molar-refractivity contribution < 1.29 is 34.2 Å². The molecule has 0 radical (unpaired) electrons. The monoisotopic (exact) mass is 451 g/mol. The summed E-state index contributed by atoms with van der Waals surface area (Å²) in [6, 6.07) is 4.45. The Morgan fingerprint density at radius 3 is 2.03 bits per heavy atom. The fourth-order valence-electron chi connectivity index (χ4n) is 3.31. The Morgan fingerprint density at radius 1 is 1.10 bits per heavy atom. The number of hydrogen-bond acceptors (Lipinski definition) is 7. The smallest absolute Gasteiger partial charge is 0.351 e. The van der Waals surface area contributed by atoms with Crippen molar-refractivity contribution in [2.24, 2.45) is 0 Å². The number of aliphatic carboxylic acids is 2. The number of hydrogen-bond donors (Lipinski definition) is 2. The number of likely N-dealkylation sites (tertiary alicyclic amines) is 1. The zero-order valence-electron chi connectivity index (χ0n) is 16.7. The first-order valence-electron chi connectivity index (χ1n) is 9.63. The predicted molar refractivity (Wildman–Crippen MR) is 113 cm³/mol. The molecule has 9 heteroatoms. The number of nitrogens with one attached hydrogen (secondary N) is 1. The molecular weight excluding hydrogens is 426 g/mol. The van der Waals surface area contributed by atoms with E-state index in [1.54, 1.807) is 28.2 Å². The van der Waals surface area contributed by atoms with Gasteiger partial charge in [0.2, 0.25) is 0 Å². The van der Waals surface area contributed by atoms with Crippen LogP contribution in [-0.4, -0.2) is 49.3 Å². The quantitative estimate of drug-likeness (QED) is 0.502. The molecule has 30 heavy (non-hydrogen) atoms. The van der Waals surface area contributed by atoms with Crippen LogP contribution in [0.25, 0.3) is 5.57 Å². The molecule has 1 aliphatic heterocycles. The Hall–Kier alpha value is -2.49.